The summed E-state index contributed by atoms with van der Waals surface area (Å²) in [6.07, 6.45) is 3.88. The summed E-state index contributed by atoms with van der Waals surface area (Å²) in [5.41, 5.74) is 7.54. The normalized spacial score (nSPS) is 23.3. The van der Waals surface area contributed by atoms with Crippen molar-refractivity contribution in [2.45, 2.75) is 45.2 Å². The fourth-order valence-corrected chi connectivity index (χ4v) is 3.41. The molecule has 0 saturated carbocycles. The lowest BCUT2D eigenvalue weighted by molar-refractivity contribution is 0.106. The van der Waals surface area contributed by atoms with E-state index in [1.807, 2.05) is 12.1 Å². The summed E-state index contributed by atoms with van der Waals surface area (Å²) in [5, 5.41) is 0. The van der Waals surface area contributed by atoms with E-state index in [1.165, 1.54) is 24.8 Å². The lowest BCUT2D eigenvalue weighted by atomic mass is 9.90. The number of nitrogens with two attached hydrogens (primary N) is 1. The van der Waals surface area contributed by atoms with E-state index < -0.39 is 0 Å². The Bertz CT molecular complexity index is 419. The van der Waals surface area contributed by atoms with Gasteiger partial charge in [0.15, 0.2) is 0 Å². The van der Waals surface area contributed by atoms with Crippen LogP contribution in [-0.4, -0.2) is 31.1 Å². The van der Waals surface area contributed by atoms with Gasteiger partial charge in [-0.25, -0.2) is 0 Å². The fourth-order valence-electron chi connectivity index (χ4n) is 3.41. The van der Waals surface area contributed by atoms with Gasteiger partial charge in [0.2, 0.25) is 0 Å². The van der Waals surface area contributed by atoms with Crippen molar-refractivity contribution in [3.05, 3.63) is 29.8 Å². The Morgan fingerprint density at radius 3 is 2.80 bits per heavy atom. The molecule has 3 atom stereocenters. The number of ether oxygens (including phenoxy) is 1. The Morgan fingerprint density at radius 1 is 1.40 bits per heavy atom. The van der Waals surface area contributed by atoms with Crippen LogP contribution in [-0.2, 0) is 0 Å². The second-order valence-corrected chi connectivity index (χ2v) is 5.96. The highest BCUT2D eigenvalue weighted by Crippen LogP contribution is 2.34. The molecule has 1 saturated heterocycles. The molecule has 0 aliphatic carbocycles. The Hall–Kier alpha value is -1.06. The van der Waals surface area contributed by atoms with E-state index in [9.17, 15) is 0 Å². The summed E-state index contributed by atoms with van der Waals surface area (Å²) >= 11 is 0. The van der Waals surface area contributed by atoms with E-state index in [0.29, 0.717) is 0 Å². The smallest absolute Gasteiger partial charge is 0.123 e. The summed E-state index contributed by atoms with van der Waals surface area (Å²) in [7, 11) is 1.74. The minimum atomic E-state index is 0.0990. The summed E-state index contributed by atoms with van der Waals surface area (Å²) in [5.74, 6) is 1.76. The average molecular weight is 276 g/mol. The van der Waals surface area contributed by atoms with Gasteiger partial charge in [0.05, 0.1) is 13.2 Å². The van der Waals surface area contributed by atoms with Crippen molar-refractivity contribution < 1.29 is 4.74 Å². The lowest BCUT2D eigenvalue weighted by Crippen LogP contribution is -2.44. The molecule has 20 heavy (non-hydrogen) atoms. The molecule has 0 amide bonds. The quantitative estimate of drug-likeness (QED) is 0.897. The number of likely N-dealkylation sites (tertiary alicyclic amines) is 1. The zero-order valence-electron chi connectivity index (χ0n) is 13.0. The van der Waals surface area contributed by atoms with Crippen LogP contribution in [0.5, 0.6) is 5.75 Å². The molecule has 1 heterocycles. The van der Waals surface area contributed by atoms with Crippen molar-refractivity contribution in [2.24, 2.45) is 11.7 Å². The van der Waals surface area contributed by atoms with Gasteiger partial charge >= 0.3 is 0 Å². The highest BCUT2D eigenvalue weighted by molar-refractivity contribution is 5.36. The van der Waals surface area contributed by atoms with E-state index in [4.69, 9.17) is 10.5 Å². The Labute approximate surface area is 123 Å². The van der Waals surface area contributed by atoms with Crippen LogP contribution in [0, 0.1) is 5.92 Å². The number of nitrogens with zero attached hydrogens (tertiary/aromatic N) is 1. The van der Waals surface area contributed by atoms with Gasteiger partial charge in [-0.2, -0.15) is 0 Å². The van der Waals surface area contributed by atoms with Crippen molar-refractivity contribution in [2.75, 3.05) is 20.2 Å². The van der Waals surface area contributed by atoms with E-state index in [-0.39, 0.29) is 12.1 Å². The van der Waals surface area contributed by atoms with Crippen LogP contribution in [0.1, 0.15) is 44.7 Å². The third-order valence-corrected chi connectivity index (χ3v) is 4.48. The highest BCUT2D eigenvalue weighted by atomic mass is 16.5. The average Bonchev–Trinajstić information content (AvgIpc) is 2.48. The summed E-state index contributed by atoms with van der Waals surface area (Å²) in [4.78, 5) is 2.56. The summed E-state index contributed by atoms with van der Waals surface area (Å²) < 4.78 is 5.54. The molecular weight excluding hydrogens is 248 g/mol. The predicted octanol–water partition coefficient (Wildman–Crippen LogP) is 3.21. The standard InChI is InChI=1S/C17H28N2O/c1-4-14-8-7-11-19(12-14)17(13(2)18)15-9-5-6-10-16(15)20-3/h5-6,9-10,13-14,17H,4,7-8,11-12,18H2,1-3H3. The number of benzene rings is 1. The molecule has 2 N–H and O–H groups in total. The largest absolute Gasteiger partial charge is 0.496 e. The number of piperidine rings is 1. The van der Waals surface area contributed by atoms with Crippen molar-refractivity contribution in [3.63, 3.8) is 0 Å². The maximum atomic E-state index is 6.31. The Morgan fingerprint density at radius 2 is 2.15 bits per heavy atom. The van der Waals surface area contributed by atoms with Crippen LogP contribution in [0.25, 0.3) is 0 Å². The highest BCUT2D eigenvalue weighted by Gasteiger charge is 2.30. The van der Waals surface area contributed by atoms with Gasteiger partial charge in [0.1, 0.15) is 5.75 Å². The Kier molecular flexibility index (Phi) is 5.44. The van der Waals surface area contributed by atoms with Crippen molar-refractivity contribution in [3.8, 4) is 5.75 Å². The molecule has 1 aliphatic rings. The van der Waals surface area contributed by atoms with Crippen LogP contribution in [0.2, 0.25) is 0 Å². The van der Waals surface area contributed by atoms with Gasteiger partial charge < -0.3 is 10.5 Å². The lowest BCUT2D eigenvalue weighted by Gasteiger charge is -2.40. The zero-order valence-corrected chi connectivity index (χ0v) is 13.0. The van der Waals surface area contributed by atoms with Gasteiger partial charge in [-0.3, -0.25) is 4.90 Å². The van der Waals surface area contributed by atoms with Gasteiger partial charge in [-0.1, -0.05) is 31.5 Å². The number of para-hydroxylation sites is 1. The molecule has 1 fully saturated rings. The SMILES string of the molecule is CCC1CCCN(C(c2ccccc2OC)C(C)N)C1. The van der Waals surface area contributed by atoms with Crippen LogP contribution in [0.4, 0.5) is 0 Å². The van der Waals surface area contributed by atoms with E-state index >= 15 is 0 Å². The molecule has 0 bridgehead atoms. The number of hydrogen-bond acceptors (Lipinski definition) is 3. The Balaban J connectivity index is 2.26. The molecule has 2 rings (SSSR count). The monoisotopic (exact) mass is 276 g/mol. The van der Waals surface area contributed by atoms with Gasteiger partial charge in [-0.05, 0) is 38.3 Å². The zero-order chi connectivity index (χ0) is 14.5. The summed E-state index contributed by atoms with van der Waals surface area (Å²) in [6.45, 7) is 6.69. The van der Waals surface area contributed by atoms with Crippen molar-refractivity contribution >= 4 is 0 Å². The molecule has 0 radical (unpaired) electrons. The number of methoxy groups -OCH3 is 1. The van der Waals surface area contributed by atoms with Gasteiger partial charge in [0.25, 0.3) is 0 Å². The fraction of sp³-hybridized carbons (Fsp3) is 0.647. The molecule has 0 spiro atoms. The number of hydrogen-bond donors (Lipinski definition) is 1. The molecule has 112 valence electrons. The first-order valence-corrected chi connectivity index (χ1v) is 7.79. The molecule has 1 aromatic rings. The molecule has 3 heteroatoms. The molecule has 3 unspecified atom stereocenters. The third kappa shape index (κ3) is 3.33. The van der Waals surface area contributed by atoms with E-state index in [0.717, 1.165) is 24.8 Å². The second kappa shape index (κ2) is 7.09. The molecule has 3 nitrogen and oxygen atoms in total. The molecule has 1 aromatic carbocycles. The topological polar surface area (TPSA) is 38.5 Å². The minimum Gasteiger partial charge on any atom is -0.496 e. The summed E-state index contributed by atoms with van der Waals surface area (Å²) in [6, 6.07) is 8.64. The van der Waals surface area contributed by atoms with E-state index in [1.54, 1.807) is 7.11 Å². The third-order valence-electron chi connectivity index (χ3n) is 4.48. The van der Waals surface area contributed by atoms with Crippen molar-refractivity contribution in [1.82, 2.24) is 4.90 Å². The molecule has 0 aromatic heterocycles. The first-order valence-electron chi connectivity index (χ1n) is 7.79. The van der Waals surface area contributed by atoms with Gasteiger partial charge in [0, 0.05) is 18.2 Å². The van der Waals surface area contributed by atoms with Crippen LogP contribution in [0.3, 0.4) is 0 Å². The van der Waals surface area contributed by atoms with E-state index in [2.05, 4.69) is 30.9 Å². The van der Waals surface area contributed by atoms with Crippen LogP contribution >= 0.6 is 0 Å². The van der Waals surface area contributed by atoms with Crippen LogP contribution < -0.4 is 10.5 Å². The minimum absolute atomic E-state index is 0.0990. The van der Waals surface area contributed by atoms with Gasteiger partial charge in [-0.15, -0.1) is 0 Å². The maximum absolute atomic E-state index is 6.31. The predicted molar refractivity (Wildman–Crippen MR) is 84.0 cm³/mol. The number of rotatable bonds is 5. The first kappa shape index (κ1) is 15.3. The molecule has 1 aliphatic heterocycles. The molecular formula is C17H28N2O. The van der Waals surface area contributed by atoms with Crippen molar-refractivity contribution in [1.29, 1.82) is 0 Å². The second-order valence-electron chi connectivity index (χ2n) is 5.96. The van der Waals surface area contributed by atoms with Crippen LogP contribution in [0.15, 0.2) is 24.3 Å². The maximum Gasteiger partial charge on any atom is 0.123 e. The first-order chi connectivity index (χ1) is 9.67.